The lowest BCUT2D eigenvalue weighted by molar-refractivity contribution is -0.133. The number of carbonyl (C=O) groups is 1. The van der Waals surface area contributed by atoms with Crippen molar-refractivity contribution in [2.24, 2.45) is 0 Å². The van der Waals surface area contributed by atoms with Crippen molar-refractivity contribution in [1.29, 1.82) is 0 Å². The molecule has 0 aromatic carbocycles. The van der Waals surface area contributed by atoms with Crippen LogP contribution in [0.2, 0.25) is 0 Å². The van der Waals surface area contributed by atoms with Crippen LogP contribution in [0.3, 0.4) is 0 Å². The van der Waals surface area contributed by atoms with E-state index >= 15 is 0 Å². The van der Waals surface area contributed by atoms with Gasteiger partial charge in [0.25, 0.3) is 0 Å². The highest BCUT2D eigenvalue weighted by Gasteiger charge is 2.39. The Morgan fingerprint density at radius 2 is 1.87 bits per heavy atom. The van der Waals surface area contributed by atoms with Crippen LogP contribution in [-0.2, 0) is 4.79 Å². The summed E-state index contributed by atoms with van der Waals surface area (Å²) in [6, 6.07) is 1.53. The van der Waals surface area contributed by atoms with Crippen LogP contribution in [-0.4, -0.2) is 36.0 Å². The van der Waals surface area contributed by atoms with Crippen LogP contribution in [0.1, 0.15) is 45.4 Å². The third kappa shape index (κ3) is 2.33. The molecule has 0 saturated heterocycles. The molecule has 3 heteroatoms. The van der Waals surface area contributed by atoms with Gasteiger partial charge in [0.2, 0.25) is 5.91 Å². The van der Waals surface area contributed by atoms with E-state index in [-0.39, 0.29) is 5.91 Å². The number of hydrogen-bond acceptors (Lipinski definition) is 2. The second-order valence-corrected chi connectivity index (χ2v) is 4.90. The third-order valence-corrected chi connectivity index (χ3v) is 3.76. The number of nitrogens with zero attached hydrogens (tertiary/aromatic N) is 1. The lowest BCUT2D eigenvalue weighted by atomic mass is 9.89. The largest absolute Gasteiger partial charge is 0.335 e. The quantitative estimate of drug-likeness (QED) is 0.766. The first-order chi connectivity index (χ1) is 7.24. The summed E-state index contributed by atoms with van der Waals surface area (Å²) in [6.45, 7) is 1.72. The van der Waals surface area contributed by atoms with Crippen molar-refractivity contribution < 1.29 is 4.79 Å². The van der Waals surface area contributed by atoms with Crippen LogP contribution < -0.4 is 5.32 Å². The molecule has 86 valence electrons. The summed E-state index contributed by atoms with van der Waals surface area (Å²) < 4.78 is 0. The number of carbonyl (C=O) groups excluding carboxylic acids is 1. The number of amides is 1. The first-order valence-corrected chi connectivity index (χ1v) is 6.20. The molecule has 0 bridgehead atoms. The van der Waals surface area contributed by atoms with E-state index in [1.165, 1.54) is 38.5 Å². The maximum absolute atomic E-state index is 11.7. The van der Waals surface area contributed by atoms with E-state index in [1.807, 2.05) is 7.05 Å². The minimum Gasteiger partial charge on any atom is -0.335 e. The highest BCUT2D eigenvalue weighted by molar-refractivity contribution is 5.74. The molecule has 2 rings (SSSR count). The van der Waals surface area contributed by atoms with E-state index < -0.39 is 0 Å². The van der Waals surface area contributed by atoms with Gasteiger partial charge in [0.15, 0.2) is 0 Å². The average Bonchev–Trinajstić information content (AvgIpc) is 3.03. The van der Waals surface area contributed by atoms with Crippen molar-refractivity contribution in [1.82, 2.24) is 10.2 Å². The van der Waals surface area contributed by atoms with Gasteiger partial charge in [-0.3, -0.25) is 4.79 Å². The van der Waals surface area contributed by atoms with E-state index in [2.05, 4.69) is 10.2 Å². The molecule has 0 unspecified atom stereocenters. The minimum absolute atomic E-state index is 0.268. The second-order valence-electron chi connectivity index (χ2n) is 4.90. The van der Waals surface area contributed by atoms with E-state index in [9.17, 15) is 4.79 Å². The lowest BCUT2D eigenvalue weighted by Gasteiger charge is -2.39. The fraction of sp³-hybridized carbons (Fsp3) is 0.917. The molecule has 2 atom stereocenters. The molecule has 15 heavy (non-hydrogen) atoms. The summed E-state index contributed by atoms with van der Waals surface area (Å²) >= 11 is 0. The topological polar surface area (TPSA) is 32.3 Å². The van der Waals surface area contributed by atoms with Crippen molar-refractivity contribution in [2.75, 3.05) is 7.05 Å². The van der Waals surface area contributed by atoms with Gasteiger partial charge < -0.3 is 10.2 Å². The third-order valence-electron chi connectivity index (χ3n) is 3.76. The van der Waals surface area contributed by atoms with Gasteiger partial charge in [-0.1, -0.05) is 12.8 Å². The Kier molecular flexibility index (Phi) is 3.29. The van der Waals surface area contributed by atoms with Gasteiger partial charge in [-0.05, 0) is 32.7 Å². The predicted molar refractivity (Wildman–Crippen MR) is 60.6 cm³/mol. The molecule has 0 spiro atoms. The summed E-state index contributed by atoms with van der Waals surface area (Å²) in [7, 11) is 2.02. The first-order valence-electron chi connectivity index (χ1n) is 6.20. The molecule has 0 aromatic rings. The first kappa shape index (κ1) is 10.9. The Bertz CT molecular complexity index is 238. The molecule has 1 amide bonds. The number of rotatable bonds is 3. The summed E-state index contributed by atoms with van der Waals surface area (Å²) in [5, 5.41) is 3.38. The molecule has 3 nitrogen and oxygen atoms in total. The SMILES string of the molecule is CN[C@H]1CCCC[C@H]1N(C(C)=O)C1CC1. The van der Waals surface area contributed by atoms with E-state index in [0.29, 0.717) is 18.1 Å². The Morgan fingerprint density at radius 3 is 2.40 bits per heavy atom. The molecule has 0 radical (unpaired) electrons. The van der Waals surface area contributed by atoms with Gasteiger partial charge >= 0.3 is 0 Å². The van der Waals surface area contributed by atoms with Gasteiger partial charge in [-0.15, -0.1) is 0 Å². The van der Waals surface area contributed by atoms with E-state index in [4.69, 9.17) is 0 Å². The zero-order valence-corrected chi connectivity index (χ0v) is 9.83. The van der Waals surface area contributed by atoms with Crippen LogP contribution in [0, 0.1) is 0 Å². The van der Waals surface area contributed by atoms with Crippen LogP contribution in [0.4, 0.5) is 0 Å². The van der Waals surface area contributed by atoms with Crippen molar-refractivity contribution in [2.45, 2.75) is 63.6 Å². The molecular weight excluding hydrogens is 188 g/mol. The van der Waals surface area contributed by atoms with Crippen molar-refractivity contribution in [3.63, 3.8) is 0 Å². The average molecular weight is 210 g/mol. The van der Waals surface area contributed by atoms with Gasteiger partial charge in [0.05, 0.1) is 0 Å². The monoisotopic (exact) mass is 210 g/mol. The number of nitrogens with one attached hydrogen (secondary N) is 1. The maximum Gasteiger partial charge on any atom is 0.219 e. The highest BCUT2D eigenvalue weighted by Crippen LogP contribution is 2.33. The van der Waals surface area contributed by atoms with Crippen molar-refractivity contribution >= 4 is 5.91 Å². The molecule has 2 aliphatic rings. The van der Waals surface area contributed by atoms with E-state index in [0.717, 1.165) is 0 Å². The molecule has 0 heterocycles. The summed E-state index contributed by atoms with van der Waals surface area (Å²) in [4.78, 5) is 13.8. The summed E-state index contributed by atoms with van der Waals surface area (Å²) in [5.74, 6) is 0.268. The molecule has 1 N–H and O–H groups in total. The van der Waals surface area contributed by atoms with Crippen LogP contribution in [0.15, 0.2) is 0 Å². The number of hydrogen-bond donors (Lipinski definition) is 1. The van der Waals surface area contributed by atoms with Gasteiger partial charge in [-0.2, -0.15) is 0 Å². The Morgan fingerprint density at radius 1 is 1.20 bits per heavy atom. The van der Waals surface area contributed by atoms with Crippen molar-refractivity contribution in [3.8, 4) is 0 Å². The highest BCUT2D eigenvalue weighted by atomic mass is 16.2. The minimum atomic E-state index is 0.268. The Labute approximate surface area is 92.2 Å². The van der Waals surface area contributed by atoms with E-state index in [1.54, 1.807) is 6.92 Å². The molecule has 0 aliphatic heterocycles. The molecule has 0 aromatic heterocycles. The summed E-state index contributed by atoms with van der Waals surface area (Å²) in [5.41, 5.74) is 0. The fourth-order valence-corrected chi connectivity index (χ4v) is 2.90. The number of likely N-dealkylation sites (N-methyl/N-ethyl adjacent to an activating group) is 1. The zero-order valence-electron chi connectivity index (χ0n) is 9.83. The van der Waals surface area contributed by atoms with Gasteiger partial charge in [0.1, 0.15) is 0 Å². The molecule has 2 aliphatic carbocycles. The van der Waals surface area contributed by atoms with Gasteiger partial charge in [-0.25, -0.2) is 0 Å². The molecule has 2 saturated carbocycles. The van der Waals surface area contributed by atoms with Crippen molar-refractivity contribution in [3.05, 3.63) is 0 Å². The Balaban J connectivity index is 2.06. The Hall–Kier alpha value is -0.570. The lowest BCUT2D eigenvalue weighted by Crippen LogP contribution is -2.53. The predicted octanol–water partition coefficient (Wildman–Crippen LogP) is 1.53. The normalized spacial score (nSPS) is 31.3. The van der Waals surface area contributed by atoms with Crippen LogP contribution >= 0.6 is 0 Å². The molecule has 2 fully saturated rings. The zero-order chi connectivity index (χ0) is 10.8. The van der Waals surface area contributed by atoms with Crippen LogP contribution in [0.5, 0.6) is 0 Å². The fourth-order valence-electron chi connectivity index (χ4n) is 2.90. The molecular formula is C12H22N2O. The maximum atomic E-state index is 11.7. The van der Waals surface area contributed by atoms with Gasteiger partial charge in [0, 0.05) is 25.0 Å². The van der Waals surface area contributed by atoms with Crippen LogP contribution in [0.25, 0.3) is 0 Å². The summed E-state index contributed by atoms with van der Waals surface area (Å²) in [6.07, 6.45) is 7.41. The smallest absolute Gasteiger partial charge is 0.219 e. The standard InChI is InChI=1S/C12H22N2O/c1-9(15)14(10-7-8-10)12-6-4-3-5-11(12)13-2/h10-13H,3-8H2,1-2H3/t11-,12+/m0/s1. The second kappa shape index (κ2) is 4.52.